The van der Waals surface area contributed by atoms with Gasteiger partial charge in [-0.15, -0.1) is 0 Å². The Morgan fingerprint density at radius 3 is 2.55 bits per heavy atom. The second kappa shape index (κ2) is 6.50. The number of piperidine rings is 1. The predicted octanol–water partition coefficient (Wildman–Crippen LogP) is 2.60. The lowest BCUT2D eigenvalue weighted by Gasteiger charge is -2.30. The molecule has 2 N–H and O–H groups in total. The first-order valence-electron chi connectivity index (χ1n) is 7.88. The van der Waals surface area contributed by atoms with E-state index in [1.807, 2.05) is 13.8 Å². The van der Waals surface area contributed by atoms with Gasteiger partial charge in [0.2, 0.25) is 11.8 Å². The number of hydrogen-bond acceptors (Lipinski definition) is 4. The number of carbonyl (C=O) groups is 2. The van der Waals surface area contributed by atoms with Gasteiger partial charge in [-0.2, -0.15) is 0 Å². The fourth-order valence-corrected chi connectivity index (χ4v) is 2.73. The van der Waals surface area contributed by atoms with Crippen molar-refractivity contribution in [1.29, 1.82) is 0 Å². The minimum atomic E-state index is -0.649. The lowest BCUT2D eigenvalue weighted by molar-refractivity contribution is -0.135. The first-order valence-corrected chi connectivity index (χ1v) is 7.88. The van der Waals surface area contributed by atoms with Crippen LogP contribution in [0.4, 0.5) is 5.69 Å². The Balaban J connectivity index is 2.08. The maximum absolute atomic E-state index is 12.4. The molecule has 1 aromatic heterocycles. The molecular weight excluding hydrogens is 282 g/mol. The molecule has 0 radical (unpaired) electrons. The number of rotatable bonds is 4. The van der Waals surface area contributed by atoms with Crippen LogP contribution in [0.3, 0.4) is 0 Å². The zero-order chi connectivity index (χ0) is 16.4. The second-order valence-electron chi connectivity index (χ2n) is 6.64. The summed E-state index contributed by atoms with van der Waals surface area (Å²) in [6.45, 7) is 9.86. The SMILES string of the molecule is Cc1noc(C(C)C)c1NC(=O)C1CCC(C(C)C)NC1=O. The molecule has 0 aliphatic carbocycles. The van der Waals surface area contributed by atoms with E-state index in [1.54, 1.807) is 6.92 Å². The highest BCUT2D eigenvalue weighted by molar-refractivity contribution is 6.07. The summed E-state index contributed by atoms with van der Waals surface area (Å²) in [6, 6.07) is 0.153. The molecule has 1 aliphatic heterocycles. The minimum absolute atomic E-state index is 0.113. The van der Waals surface area contributed by atoms with Crippen LogP contribution in [0.2, 0.25) is 0 Å². The maximum atomic E-state index is 12.4. The molecule has 1 fully saturated rings. The van der Waals surface area contributed by atoms with Crippen molar-refractivity contribution in [1.82, 2.24) is 10.5 Å². The molecule has 22 heavy (non-hydrogen) atoms. The second-order valence-corrected chi connectivity index (χ2v) is 6.64. The highest BCUT2D eigenvalue weighted by atomic mass is 16.5. The molecule has 2 unspecified atom stereocenters. The molecule has 6 heteroatoms. The van der Waals surface area contributed by atoms with E-state index in [0.29, 0.717) is 29.5 Å². The van der Waals surface area contributed by atoms with Gasteiger partial charge in [0.25, 0.3) is 0 Å². The van der Waals surface area contributed by atoms with E-state index < -0.39 is 5.92 Å². The van der Waals surface area contributed by atoms with Crippen LogP contribution in [0.25, 0.3) is 0 Å². The van der Waals surface area contributed by atoms with E-state index in [-0.39, 0.29) is 23.8 Å². The fraction of sp³-hybridized carbons (Fsp3) is 0.688. The van der Waals surface area contributed by atoms with E-state index in [4.69, 9.17) is 4.52 Å². The Morgan fingerprint density at radius 2 is 2.00 bits per heavy atom. The Hall–Kier alpha value is -1.85. The molecule has 6 nitrogen and oxygen atoms in total. The van der Waals surface area contributed by atoms with E-state index in [9.17, 15) is 9.59 Å². The van der Waals surface area contributed by atoms with Crippen molar-refractivity contribution >= 4 is 17.5 Å². The van der Waals surface area contributed by atoms with E-state index in [1.165, 1.54) is 0 Å². The molecule has 1 aromatic rings. The molecule has 1 saturated heterocycles. The third kappa shape index (κ3) is 3.31. The summed E-state index contributed by atoms with van der Waals surface area (Å²) in [6.07, 6.45) is 1.39. The number of aryl methyl sites for hydroxylation is 1. The van der Waals surface area contributed by atoms with E-state index in [0.717, 1.165) is 6.42 Å². The van der Waals surface area contributed by atoms with Crippen LogP contribution in [0.5, 0.6) is 0 Å². The van der Waals surface area contributed by atoms with Crippen molar-refractivity contribution in [2.24, 2.45) is 11.8 Å². The molecular formula is C16H25N3O3. The van der Waals surface area contributed by atoms with Crippen molar-refractivity contribution < 1.29 is 14.1 Å². The molecule has 2 rings (SSSR count). The zero-order valence-electron chi connectivity index (χ0n) is 13.9. The van der Waals surface area contributed by atoms with Crippen molar-refractivity contribution in [2.75, 3.05) is 5.32 Å². The van der Waals surface area contributed by atoms with Crippen LogP contribution in [0.15, 0.2) is 4.52 Å². The van der Waals surface area contributed by atoms with Crippen LogP contribution in [-0.4, -0.2) is 23.0 Å². The zero-order valence-corrected chi connectivity index (χ0v) is 13.9. The molecule has 2 atom stereocenters. The number of nitrogens with zero attached hydrogens (tertiary/aromatic N) is 1. The smallest absolute Gasteiger partial charge is 0.237 e. The third-order valence-electron chi connectivity index (χ3n) is 4.19. The van der Waals surface area contributed by atoms with Crippen LogP contribution in [0.1, 0.15) is 57.9 Å². The number of hydrogen-bond donors (Lipinski definition) is 2. The van der Waals surface area contributed by atoms with Gasteiger partial charge in [-0.1, -0.05) is 32.9 Å². The van der Waals surface area contributed by atoms with Crippen LogP contribution < -0.4 is 10.6 Å². The Bertz CT molecular complexity index is 563. The molecule has 0 spiro atoms. The summed E-state index contributed by atoms with van der Waals surface area (Å²) in [5.74, 6) is 0.00447. The number of anilines is 1. The van der Waals surface area contributed by atoms with E-state index in [2.05, 4.69) is 29.6 Å². The summed E-state index contributed by atoms with van der Waals surface area (Å²) in [5, 5.41) is 9.67. The molecule has 0 bridgehead atoms. The quantitative estimate of drug-likeness (QED) is 0.837. The largest absolute Gasteiger partial charge is 0.359 e. The molecule has 122 valence electrons. The average Bonchev–Trinajstić information content (AvgIpc) is 2.80. The molecule has 2 amide bonds. The van der Waals surface area contributed by atoms with E-state index >= 15 is 0 Å². The number of carbonyl (C=O) groups excluding carboxylic acids is 2. The van der Waals surface area contributed by atoms with Crippen molar-refractivity contribution in [3.8, 4) is 0 Å². The van der Waals surface area contributed by atoms with Gasteiger partial charge in [0.05, 0.1) is 0 Å². The number of aromatic nitrogens is 1. The lowest BCUT2D eigenvalue weighted by atomic mass is 9.88. The van der Waals surface area contributed by atoms with Gasteiger partial charge in [0.1, 0.15) is 17.3 Å². The van der Waals surface area contributed by atoms with Crippen LogP contribution in [0, 0.1) is 18.8 Å². The monoisotopic (exact) mass is 307 g/mol. The van der Waals surface area contributed by atoms with Crippen molar-refractivity contribution in [3.05, 3.63) is 11.5 Å². The summed E-state index contributed by atoms with van der Waals surface area (Å²) in [4.78, 5) is 24.6. The first-order chi connectivity index (χ1) is 10.3. The minimum Gasteiger partial charge on any atom is -0.359 e. The Morgan fingerprint density at radius 1 is 1.32 bits per heavy atom. The molecule has 2 heterocycles. The highest BCUT2D eigenvalue weighted by Gasteiger charge is 2.35. The van der Waals surface area contributed by atoms with Gasteiger partial charge in [0.15, 0.2) is 5.76 Å². The Kier molecular flexibility index (Phi) is 4.88. The lowest BCUT2D eigenvalue weighted by Crippen LogP contribution is -2.49. The topological polar surface area (TPSA) is 84.2 Å². The normalized spacial score (nSPS) is 22.0. The summed E-state index contributed by atoms with van der Waals surface area (Å²) >= 11 is 0. The fourth-order valence-electron chi connectivity index (χ4n) is 2.73. The highest BCUT2D eigenvalue weighted by Crippen LogP contribution is 2.29. The maximum Gasteiger partial charge on any atom is 0.237 e. The van der Waals surface area contributed by atoms with Crippen LogP contribution in [-0.2, 0) is 9.59 Å². The van der Waals surface area contributed by atoms with Gasteiger partial charge >= 0.3 is 0 Å². The third-order valence-corrected chi connectivity index (χ3v) is 4.19. The molecule has 0 aromatic carbocycles. The van der Waals surface area contributed by atoms with Gasteiger partial charge in [-0.05, 0) is 25.7 Å². The number of amides is 2. The number of nitrogens with one attached hydrogen (secondary N) is 2. The average molecular weight is 307 g/mol. The summed E-state index contributed by atoms with van der Waals surface area (Å²) in [5.41, 5.74) is 1.23. The van der Waals surface area contributed by atoms with Gasteiger partial charge < -0.3 is 15.2 Å². The van der Waals surface area contributed by atoms with Gasteiger partial charge in [-0.25, -0.2) is 0 Å². The van der Waals surface area contributed by atoms with Gasteiger partial charge in [0, 0.05) is 12.0 Å². The van der Waals surface area contributed by atoms with Crippen LogP contribution >= 0.6 is 0 Å². The molecule has 0 saturated carbocycles. The summed E-state index contributed by atoms with van der Waals surface area (Å²) in [7, 11) is 0. The van der Waals surface area contributed by atoms with Crippen molar-refractivity contribution in [2.45, 2.75) is 59.4 Å². The van der Waals surface area contributed by atoms with Gasteiger partial charge in [-0.3, -0.25) is 9.59 Å². The standard InChI is InChI=1S/C16H25N3O3/c1-8(2)12-7-6-11(15(20)17-12)16(21)18-13-10(5)19-22-14(13)9(3)4/h8-9,11-12H,6-7H2,1-5H3,(H,17,20)(H,18,21). The predicted molar refractivity (Wildman–Crippen MR) is 83.5 cm³/mol. The molecule has 1 aliphatic rings. The first kappa shape index (κ1) is 16.5. The van der Waals surface area contributed by atoms with Crippen molar-refractivity contribution in [3.63, 3.8) is 0 Å². The Labute approximate surface area is 131 Å². The summed E-state index contributed by atoms with van der Waals surface area (Å²) < 4.78 is 5.26.